The van der Waals surface area contributed by atoms with Gasteiger partial charge in [-0.3, -0.25) is 0 Å². The minimum atomic E-state index is -0.0173. The summed E-state index contributed by atoms with van der Waals surface area (Å²) in [6.45, 7) is 8.67. The highest BCUT2D eigenvalue weighted by molar-refractivity contribution is 5.41. The lowest BCUT2D eigenvalue weighted by Gasteiger charge is -2.42. The fraction of sp³-hybridized carbons (Fsp3) is 0.667. The van der Waals surface area contributed by atoms with E-state index in [0.717, 1.165) is 38.1 Å². The van der Waals surface area contributed by atoms with Gasteiger partial charge in [-0.2, -0.15) is 0 Å². The van der Waals surface area contributed by atoms with Crippen molar-refractivity contribution in [3.05, 3.63) is 29.3 Å². The van der Waals surface area contributed by atoms with Crippen LogP contribution in [0.4, 0.5) is 0 Å². The average molecular weight is 290 g/mol. The molecule has 0 aromatic heterocycles. The van der Waals surface area contributed by atoms with Gasteiger partial charge in [-0.25, -0.2) is 0 Å². The molecule has 1 aliphatic rings. The molecule has 1 aromatic carbocycles. The number of hydrogen-bond acceptors (Lipinski definition) is 3. The predicted molar refractivity (Wildman–Crippen MR) is 89.0 cm³/mol. The van der Waals surface area contributed by atoms with Crippen LogP contribution >= 0.6 is 0 Å². The Bertz CT molecular complexity index is 466. The summed E-state index contributed by atoms with van der Waals surface area (Å²) in [6.07, 6.45) is 3.18. The minimum absolute atomic E-state index is 0.0173. The average Bonchev–Trinajstić information content (AvgIpc) is 2.46. The smallest absolute Gasteiger partial charge is 0.125 e. The van der Waals surface area contributed by atoms with Crippen LogP contribution in [-0.2, 0) is 0 Å². The second-order valence-corrected chi connectivity index (χ2v) is 6.55. The van der Waals surface area contributed by atoms with Crippen LogP contribution in [0, 0.1) is 6.92 Å². The Hall–Kier alpha value is -1.06. The second kappa shape index (κ2) is 6.80. The topological polar surface area (TPSA) is 24.5 Å². The number of nitrogens with one attached hydrogen (secondary N) is 1. The number of benzene rings is 1. The molecule has 1 unspecified atom stereocenters. The number of nitrogens with zero attached hydrogens (tertiary/aromatic N) is 1. The van der Waals surface area contributed by atoms with E-state index in [2.05, 4.69) is 63.3 Å². The molecule has 0 amide bonds. The molecule has 2 rings (SSSR count). The summed E-state index contributed by atoms with van der Waals surface area (Å²) in [5, 5.41) is 3.73. The minimum Gasteiger partial charge on any atom is -0.487 e. The van der Waals surface area contributed by atoms with Crippen molar-refractivity contribution in [2.75, 3.05) is 27.2 Å². The van der Waals surface area contributed by atoms with E-state index in [1.807, 2.05) is 0 Å². The first-order valence-corrected chi connectivity index (χ1v) is 8.17. The summed E-state index contributed by atoms with van der Waals surface area (Å²) in [5.74, 6) is 1.08. The zero-order valence-electron chi connectivity index (χ0n) is 14.2. The van der Waals surface area contributed by atoms with Crippen LogP contribution in [0.2, 0.25) is 0 Å². The lowest BCUT2D eigenvalue weighted by atomic mass is 9.83. The Morgan fingerprint density at radius 2 is 2.00 bits per heavy atom. The van der Waals surface area contributed by atoms with E-state index in [9.17, 15) is 0 Å². The van der Waals surface area contributed by atoms with Crippen molar-refractivity contribution < 1.29 is 4.74 Å². The van der Waals surface area contributed by atoms with Gasteiger partial charge in [0.1, 0.15) is 11.4 Å². The molecule has 0 spiro atoms. The molecular weight excluding hydrogens is 260 g/mol. The van der Waals surface area contributed by atoms with Crippen molar-refractivity contribution in [1.29, 1.82) is 0 Å². The summed E-state index contributed by atoms with van der Waals surface area (Å²) in [7, 11) is 4.23. The molecule has 21 heavy (non-hydrogen) atoms. The quantitative estimate of drug-likeness (QED) is 0.867. The van der Waals surface area contributed by atoms with E-state index in [1.54, 1.807) is 0 Å². The van der Waals surface area contributed by atoms with Crippen LogP contribution in [0.15, 0.2) is 18.2 Å². The molecule has 1 aliphatic heterocycles. The molecule has 1 heterocycles. The van der Waals surface area contributed by atoms with Crippen LogP contribution in [0.5, 0.6) is 5.75 Å². The summed E-state index contributed by atoms with van der Waals surface area (Å²) in [4.78, 5) is 2.22. The van der Waals surface area contributed by atoms with Crippen molar-refractivity contribution in [3.8, 4) is 5.75 Å². The fourth-order valence-corrected chi connectivity index (χ4v) is 3.10. The molecule has 1 atom stereocenters. The Morgan fingerprint density at radius 1 is 1.29 bits per heavy atom. The molecule has 118 valence electrons. The zero-order valence-corrected chi connectivity index (χ0v) is 14.2. The molecule has 0 bridgehead atoms. The summed E-state index contributed by atoms with van der Waals surface area (Å²) in [6, 6.07) is 7.00. The summed E-state index contributed by atoms with van der Waals surface area (Å²) < 4.78 is 6.41. The highest BCUT2D eigenvalue weighted by Crippen LogP contribution is 2.42. The maximum absolute atomic E-state index is 6.41. The number of aryl methyl sites for hydroxylation is 1. The fourth-order valence-electron chi connectivity index (χ4n) is 3.10. The first-order chi connectivity index (χ1) is 9.99. The first kappa shape index (κ1) is 16.3. The number of likely N-dealkylation sites (N-methyl/N-ethyl adjacent to an activating group) is 1. The molecule has 0 saturated heterocycles. The zero-order chi connectivity index (χ0) is 15.5. The summed E-state index contributed by atoms with van der Waals surface area (Å²) in [5.41, 5.74) is 2.57. The molecule has 0 radical (unpaired) electrons. The van der Waals surface area contributed by atoms with Crippen molar-refractivity contribution in [2.45, 2.75) is 51.7 Å². The Labute approximate surface area is 129 Å². The first-order valence-electron chi connectivity index (χ1n) is 8.17. The van der Waals surface area contributed by atoms with Crippen molar-refractivity contribution >= 4 is 0 Å². The van der Waals surface area contributed by atoms with Gasteiger partial charge in [-0.05, 0) is 45.5 Å². The number of rotatable bonds is 6. The van der Waals surface area contributed by atoms with Crippen LogP contribution in [-0.4, -0.2) is 37.7 Å². The highest BCUT2D eigenvalue weighted by atomic mass is 16.5. The third kappa shape index (κ3) is 3.78. The van der Waals surface area contributed by atoms with Gasteiger partial charge in [0.2, 0.25) is 0 Å². The number of fused-ring (bicyclic) bond motifs is 1. The van der Waals surface area contributed by atoms with Crippen LogP contribution in [0.25, 0.3) is 0 Å². The molecule has 3 heteroatoms. The van der Waals surface area contributed by atoms with E-state index < -0.39 is 0 Å². The van der Waals surface area contributed by atoms with E-state index in [4.69, 9.17) is 4.74 Å². The summed E-state index contributed by atoms with van der Waals surface area (Å²) >= 11 is 0. The molecule has 0 aliphatic carbocycles. The van der Waals surface area contributed by atoms with E-state index in [1.165, 1.54) is 11.1 Å². The van der Waals surface area contributed by atoms with Gasteiger partial charge in [0.25, 0.3) is 0 Å². The molecule has 1 N–H and O–H groups in total. The second-order valence-electron chi connectivity index (χ2n) is 6.55. The lowest BCUT2D eigenvalue weighted by molar-refractivity contribution is 0.0226. The molecule has 0 fully saturated rings. The van der Waals surface area contributed by atoms with Gasteiger partial charge in [-0.15, -0.1) is 0 Å². The molecule has 1 aromatic rings. The SMILES string of the molecule is CCC1(CC)CC(NCCN(C)C)c2ccc(C)cc2O1. The van der Waals surface area contributed by atoms with Crippen LogP contribution < -0.4 is 10.1 Å². The van der Waals surface area contributed by atoms with Crippen molar-refractivity contribution in [1.82, 2.24) is 10.2 Å². The Kier molecular flexibility index (Phi) is 5.28. The standard InChI is InChI=1S/C18H30N2O/c1-6-18(7-2)13-16(19-10-11-20(4)5)15-9-8-14(3)12-17(15)21-18/h8-9,12,16,19H,6-7,10-11,13H2,1-5H3. The predicted octanol–water partition coefficient (Wildman–Crippen LogP) is 3.53. The van der Waals surface area contributed by atoms with Gasteiger partial charge in [0.05, 0.1) is 0 Å². The van der Waals surface area contributed by atoms with Gasteiger partial charge in [0, 0.05) is 31.1 Å². The third-order valence-corrected chi connectivity index (χ3v) is 4.69. The number of ether oxygens (including phenoxy) is 1. The van der Waals surface area contributed by atoms with Crippen molar-refractivity contribution in [2.24, 2.45) is 0 Å². The largest absolute Gasteiger partial charge is 0.487 e. The van der Waals surface area contributed by atoms with E-state index in [0.29, 0.717) is 6.04 Å². The normalized spacial score (nSPS) is 20.2. The highest BCUT2D eigenvalue weighted by Gasteiger charge is 2.38. The van der Waals surface area contributed by atoms with Crippen molar-refractivity contribution in [3.63, 3.8) is 0 Å². The molecular formula is C18H30N2O. The van der Waals surface area contributed by atoms with Gasteiger partial charge in [-0.1, -0.05) is 26.0 Å². The Morgan fingerprint density at radius 3 is 2.62 bits per heavy atom. The van der Waals surface area contributed by atoms with Gasteiger partial charge in [0.15, 0.2) is 0 Å². The Balaban J connectivity index is 2.22. The lowest BCUT2D eigenvalue weighted by Crippen LogP contribution is -2.44. The van der Waals surface area contributed by atoms with Gasteiger partial charge < -0.3 is 15.0 Å². The maximum atomic E-state index is 6.41. The molecule has 3 nitrogen and oxygen atoms in total. The van der Waals surface area contributed by atoms with E-state index >= 15 is 0 Å². The van der Waals surface area contributed by atoms with Gasteiger partial charge >= 0.3 is 0 Å². The van der Waals surface area contributed by atoms with Crippen LogP contribution in [0.1, 0.15) is 50.3 Å². The van der Waals surface area contributed by atoms with E-state index in [-0.39, 0.29) is 5.60 Å². The number of hydrogen-bond donors (Lipinski definition) is 1. The van der Waals surface area contributed by atoms with Crippen LogP contribution in [0.3, 0.4) is 0 Å². The molecule has 0 saturated carbocycles. The monoisotopic (exact) mass is 290 g/mol. The maximum Gasteiger partial charge on any atom is 0.125 e. The third-order valence-electron chi connectivity index (χ3n) is 4.69.